The van der Waals surface area contributed by atoms with Crippen molar-refractivity contribution in [1.29, 1.82) is 0 Å². The molecule has 0 unspecified atom stereocenters. The van der Waals surface area contributed by atoms with Crippen LogP contribution in [0.2, 0.25) is 0 Å². The Morgan fingerprint density at radius 2 is 2.06 bits per heavy atom. The predicted molar refractivity (Wildman–Crippen MR) is 73.6 cm³/mol. The first-order valence-electron chi connectivity index (χ1n) is 7.11. The van der Waals surface area contributed by atoms with Crippen molar-refractivity contribution in [3.8, 4) is 0 Å². The van der Waals surface area contributed by atoms with Crippen LogP contribution in [0.5, 0.6) is 0 Å². The first kappa shape index (κ1) is 15.4. The van der Waals surface area contributed by atoms with Crippen molar-refractivity contribution in [2.75, 3.05) is 40.4 Å². The lowest BCUT2D eigenvalue weighted by Crippen LogP contribution is -2.48. The van der Waals surface area contributed by atoms with Gasteiger partial charge in [-0.2, -0.15) is 0 Å². The maximum absolute atomic E-state index is 12.7. The molecule has 0 aromatic carbocycles. The SMILES string of the molecule is CCCC1(C(=O)N(C)CCCOC)CCNCC1. The van der Waals surface area contributed by atoms with Crippen molar-refractivity contribution in [3.05, 3.63) is 0 Å². The van der Waals surface area contributed by atoms with E-state index in [9.17, 15) is 4.79 Å². The van der Waals surface area contributed by atoms with Gasteiger partial charge in [0.05, 0.1) is 5.41 Å². The second-order valence-electron chi connectivity index (χ2n) is 5.35. The Hall–Kier alpha value is -0.610. The number of methoxy groups -OCH3 is 1. The van der Waals surface area contributed by atoms with Gasteiger partial charge in [-0.05, 0) is 38.8 Å². The smallest absolute Gasteiger partial charge is 0.228 e. The van der Waals surface area contributed by atoms with Crippen molar-refractivity contribution < 1.29 is 9.53 Å². The van der Waals surface area contributed by atoms with E-state index in [-0.39, 0.29) is 5.41 Å². The van der Waals surface area contributed by atoms with Gasteiger partial charge in [0.25, 0.3) is 0 Å². The highest BCUT2D eigenvalue weighted by Gasteiger charge is 2.39. The molecule has 1 heterocycles. The first-order valence-corrected chi connectivity index (χ1v) is 7.11. The molecule has 1 fully saturated rings. The molecule has 0 aromatic heterocycles. The van der Waals surface area contributed by atoms with Crippen LogP contribution in [0, 0.1) is 5.41 Å². The Balaban J connectivity index is 2.57. The van der Waals surface area contributed by atoms with E-state index in [1.807, 2.05) is 11.9 Å². The molecule has 18 heavy (non-hydrogen) atoms. The minimum Gasteiger partial charge on any atom is -0.385 e. The van der Waals surface area contributed by atoms with Gasteiger partial charge >= 0.3 is 0 Å². The third kappa shape index (κ3) is 3.95. The molecule has 0 aromatic rings. The first-order chi connectivity index (χ1) is 8.66. The second-order valence-corrected chi connectivity index (χ2v) is 5.35. The summed E-state index contributed by atoms with van der Waals surface area (Å²) in [5, 5.41) is 3.35. The fourth-order valence-electron chi connectivity index (χ4n) is 2.91. The molecule has 1 saturated heterocycles. The van der Waals surface area contributed by atoms with Gasteiger partial charge in [-0.25, -0.2) is 0 Å². The standard InChI is InChI=1S/C14H28N2O2/c1-4-6-14(7-9-15-10-8-14)13(17)16(2)11-5-12-18-3/h15H,4-12H2,1-3H3. The van der Waals surface area contributed by atoms with E-state index in [4.69, 9.17) is 4.74 Å². The van der Waals surface area contributed by atoms with Gasteiger partial charge in [-0.1, -0.05) is 13.3 Å². The van der Waals surface area contributed by atoms with E-state index in [0.29, 0.717) is 5.91 Å². The number of amides is 1. The number of carbonyl (C=O) groups is 1. The molecule has 0 saturated carbocycles. The minimum absolute atomic E-state index is 0.109. The highest BCUT2D eigenvalue weighted by Crippen LogP contribution is 2.35. The average molecular weight is 256 g/mol. The third-order valence-electron chi connectivity index (χ3n) is 3.93. The molecule has 1 amide bonds. The largest absolute Gasteiger partial charge is 0.385 e. The number of hydrogen-bond donors (Lipinski definition) is 1. The van der Waals surface area contributed by atoms with Gasteiger partial charge in [0.1, 0.15) is 0 Å². The molecule has 0 atom stereocenters. The van der Waals surface area contributed by atoms with Crippen molar-refractivity contribution in [3.63, 3.8) is 0 Å². The summed E-state index contributed by atoms with van der Waals surface area (Å²) in [4.78, 5) is 14.6. The fraction of sp³-hybridized carbons (Fsp3) is 0.929. The van der Waals surface area contributed by atoms with Crippen molar-refractivity contribution in [2.24, 2.45) is 5.41 Å². The third-order valence-corrected chi connectivity index (χ3v) is 3.93. The van der Waals surface area contributed by atoms with E-state index < -0.39 is 0 Å². The monoisotopic (exact) mass is 256 g/mol. The molecule has 1 rings (SSSR count). The molecule has 1 aliphatic heterocycles. The van der Waals surface area contributed by atoms with Crippen LogP contribution >= 0.6 is 0 Å². The number of rotatable bonds is 7. The summed E-state index contributed by atoms with van der Waals surface area (Å²) < 4.78 is 5.04. The topological polar surface area (TPSA) is 41.6 Å². The zero-order valence-corrected chi connectivity index (χ0v) is 12.1. The molecule has 4 nitrogen and oxygen atoms in total. The fourth-order valence-corrected chi connectivity index (χ4v) is 2.91. The lowest BCUT2D eigenvalue weighted by atomic mass is 9.74. The molecule has 106 valence electrons. The zero-order valence-electron chi connectivity index (χ0n) is 12.1. The molecule has 0 spiro atoms. The number of piperidine rings is 1. The Bertz CT molecular complexity index is 245. The van der Waals surface area contributed by atoms with Gasteiger partial charge in [0.2, 0.25) is 5.91 Å². The van der Waals surface area contributed by atoms with Crippen LogP contribution in [0.25, 0.3) is 0 Å². The van der Waals surface area contributed by atoms with Gasteiger partial charge < -0.3 is 15.0 Å². The molecule has 0 radical (unpaired) electrons. The maximum atomic E-state index is 12.7. The van der Waals surface area contributed by atoms with Crippen LogP contribution in [0.1, 0.15) is 39.0 Å². The Labute approximate surface area is 111 Å². The van der Waals surface area contributed by atoms with Crippen molar-refractivity contribution >= 4 is 5.91 Å². The highest BCUT2D eigenvalue weighted by atomic mass is 16.5. The highest BCUT2D eigenvalue weighted by molar-refractivity contribution is 5.82. The van der Waals surface area contributed by atoms with Crippen LogP contribution in [0.3, 0.4) is 0 Å². The van der Waals surface area contributed by atoms with Crippen LogP contribution < -0.4 is 5.32 Å². The van der Waals surface area contributed by atoms with Crippen LogP contribution in [-0.4, -0.2) is 51.2 Å². The molecular formula is C14H28N2O2. The summed E-state index contributed by atoms with van der Waals surface area (Å²) in [7, 11) is 3.63. The molecule has 0 bridgehead atoms. The molecule has 4 heteroatoms. The summed E-state index contributed by atoms with van der Waals surface area (Å²) >= 11 is 0. The minimum atomic E-state index is -0.109. The van der Waals surface area contributed by atoms with Gasteiger partial charge in [-0.3, -0.25) is 4.79 Å². The van der Waals surface area contributed by atoms with E-state index >= 15 is 0 Å². The van der Waals surface area contributed by atoms with E-state index in [1.54, 1.807) is 7.11 Å². The lowest BCUT2D eigenvalue weighted by molar-refractivity contribution is -0.143. The lowest BCUT2D eigenvalue weighted by Gasteiger charge is -2.39. The normalized spacial score (nSPS) is 18.6. The van der Waals surface area contributed by atoms with E-state index in [1.165, 1.54) is 0 Å². The predicted octanol–water partition coefficient (Wildman–Crippen LogP) is 1.65. The quantitative estimate of drug-likeness (QED) is 0.704. The van der Waals surface area contributed by atoms with Crippen LogP contribution in [-0.2, 0) is 9.53 Å². The summed E-state index contributed by atoms with van der Waals surface area (Å²) in [6, 6.07) is 0. The summed E-state index contributed by atoms with van der Waals surface area (Å²) in [6.45, 7) is 5.63. The second kappa shape index (κ2) is 7.74. The van der Waals surface area contributed by atoms with E-state index in [0.717, 1.165) is 58.3 Å². The van der Waals surface area contributed by atoms with Crippen molar-refractivity contribution in [2.45, 2.75) is 39.0 Å². The summed E-state index contributed by atoms with van der Waals surface area (Å²) in [5.41, 5.74) is -0.109. The average Bonchev–Trinajstić information content (AvgIpc) is 2.39. The summed E-state index contributed by atoms with van der Waals surface area (Å²) in [6.07, 6.45) is 4.97. The van der Waals surface area contributed by atoms with Crippen molar-refractivity contribution in [1.82, 2.24) is 10.2 Å². The Morgan fingerprint density at radius 3 is 2.61 bits per heavy atom. The van der Waals surface area contributed by atoms with Crippen LogP contribution in [0.15, 0.2) is 0 Å². The van der Waals surface area contributed by atoms with E-state index in [2.05, 4.69) is 12.2 Å². The maximum Gasteiger partial charge on any atom is 0.228 e. The number of ether oxygens (including phenoxy) is 1. The number of nitrogens with zero attached hydrogens (tertiary/aromatic N) is 1. The zero-order chi connectivity index (χ0) is 13.4. The Kier molecular flexibility index (Phi) is 6.65. The van der Waals surface area contributed by atoms with Gasteiger partial charge in [0.15, 0.2) is 0 Å². The summed E-state index contributed by atoms with van der Waals surface area (Å²) in [5.74, 6) is 0.335. The number of nitrogens with one attached hydrogen (secondary N) is 1. The Morgan fingerprint density at radius 1 is 1.39 bits per heavy atom. The van der Waals surface area contributed by atoms with Gasteiger partial charge in [-0.15, -0.1) is 0 Å². The number of hydrogen-bond acceptors (Lipinski definition) is 3. The van der Waals surface area contributed by atoms with Crippen LogP contribution in [0.4, 0.5) is 0 Å². The number of carbonyl (C=O) groups excluding carboxylic acids is 1. The molecule has 1 N–H and O–H groups in total. The molecular weight excluding hydrogens is 228 g/mol. The molecule has 0 aliphatic carbocycles. The molecule has 1 aliphatic rings. The van der Waals surface area contributed by atoms with Gasteiger partial charge in [0, 0.05) is 27.3 Å².